The summed E-state index contributed by atoms with van der Waals surface area (Å²) in [7, 11) is 0. The van der Waals surface area contributed by atoms with Crippen LogP contribution in [0.25, 0.3) is 10.6 Å². The maximum Gasteiger partial charge on any atom is 0.267 e. The number of hydrogen-bond donors (Lipinski definition) is 1. The molecule has 0 aliphatic heterocycles. The molecule has 0 fully saturated rings. The molecule has 128 valence electrons. The van der Waals surface area contributed by atoms with Gasteiger partial charge >= 0.3 is 0 Å². The van der Waals surface area contributed by atoms with Crippen LogP contribution in [-0.4, -0.2) is 17.5 Å². The number of nitrogens with zero attached hydrogens (tertiary/aromatic N) is 1. The molecule has 4 nitrogen and oxygen atoms in total. The Kier molecular flexibility index (Phi) is 5.09. The van der Waals surface area contributed by atoms with E-state index < -0.39 is 5.82 Å². The van der Waals surface area contributed by atoms with Gasteiger partial charge in [0.25, 0.3) is 5.91 Å². The lowest BCUT2D eigenvalue weighted by Gasteiger charge is -2.04. The van der Waals surface area contributed by atoms with Crippen LogP contribution in [0.5, 0.6) is 5.75 Å². The van der Waals surface area contributed by atoms with Crippen molar-refractivity contribution in [3.63, 3.8) is 0 Å². The van der Waals surface area contributed by atoms with Crippen LogP contribution in [0.4, 0.5) is 10.1 Å². The minimum Gasteiger partial charge on any atom is -0.494 e. The Hall–Kier alpha value is -2.73. The molecule has 1 amide bonds. The number of ether oxygens (including phenoxy) is 1. The minimum absolute atomic E-state index is 0.294. The number of carbonyl (C=O) groups is 1. The van der Waals surface area contributed by atoms with E-state index in [0.29, 0.717) is 22.9 Å². The molecular weight excluding hydrogens is 339 g/mol. The largest absolute Gasteiger partial charge is 0.494 e. The second-order valence-corrected chi connectivity index (χ2v) is 6.35. The van der Waals surface area contributed by atoms with Crippen molar-refractivity contribution >= 4 is 22.9 Å². The zero-order chi connectivity index (χ0) is 17.8. The van der Waals surface area contributed by atoms with Gasteiger partial charge < -0.3 is 10.1 Å². The number of anilines is 1. The van der Waals surface area contributed by atoms with Gasteiger partial charge in [-0.25, -0.2) is 9.37 Å². The molecule has 0 saturated heterocycles. The Morgan fingerprint density at radius 1 is 1.24 bits per heavy atom. The second kappa shape index (κ2) is 7.44. The fourth-order valence-electron chi connectivity index (χ4n) is 2.35. The molecule has 1 N–H and O–H groups in total. The summed E-state index contributed by atoms with van der Waals surface area (Å²) in [4.78, 5) is 17.4. The van der Waals surface area contributed by atoms with Crippen molar-refractivity contribution < 1.29 is 13.9 Å². The zero-order valence-corrected chi connectivity index (χ0v) is 14.7. The van der Waals surface area contributed by atoms with Gasteiger partial charge in [-0.2, -0.15) is 0 Å². The molecule has 0 aliphatic rings. The van der Waals surface area contributed by atoms with Gasteiger partial charge in [0.1, 0.15) is 21.5 Å². The van der Waals surface area contributed by atoms with Crippen LogP contribution in [0, 0.1) is 12.7 Å². The van der Waals surface area contributed by atoms with E-state index in [0.717, 1.165) is 16.3 Å². The SMILES string of the molecule is CCOc1ccc(-c2nc(C)c(C(=O)Nc3cccc(F)c3)s2)cc1. The molecule has 6 heteroatoms. The lowest BCUT2D eigenvalue weighted by Crippen LogP contribution is -2.11. The fourth-order valence-corrected chi connectivity index (χ4v) is 3.31. The molecule has 3 rings (SSSR count). The quantitative estimate of drug-likeness (QED) is 0.707. The molecule has 0 bridgehead atoms. The summed E-state index contributed by atoms with van der Waals surface area (Å²) in [5.74, 6) is 0.107. The van der Waals surface area contributed by atoms with Gasteiger partial charge in [-0.05, 0) is 56.3 Å². The molecule has 0 spiro atoms. The van der Waals surface area contributed by atoms with Crippen molar-refractivity contribution in [2.45, 2.75) is 13.8 Å². The van der Waals surface area contributed by atoms with Crippen molar-refractivity contribution in [3.8, 4) is 16.3 Å². The monoisotopic (exact) mass is 356 g/mol. The van der Waals surface area contributed by atoms with Gasteiger partial charge in [0, 0.05) is 11.3 Å². The highest BCUT2D eigenvalue weighted by Gasteiger charge is 2.16. The van der Waals surface area contributed by atoms with Crippen LogP contribution >= 0.6 is 11.3 Å². The smallest absolute Gasteiger partial charge is 0.267 e. The predicted octanol–water partition coefficient (Wildman–Crippen LogP) is 4.91. The van der Waals surface area contributed by atoms with Crippen LogP contribution in [-0.2, 0) is 0 Å². The zero-order valence-electron chi connectivity index (χ0n) is 13.9. The molecule has 3 aromatic rings. The summed E-state index contributed by atoms with van der Waals surface area (Å²) >= 11 is 1.31. The number of rotatable bonds is 5. The summed E-state index contributed by atoms with van der Waals surface area (Å²) < 4.78 is 18.7. The predicted molar refractivity (Wildman–Crippen MR) is 97.8 cm³/mol. The van der Waals surface area contributed by atoms with Crippen LogP contribution in [0.15, 0.2) is 48.5 Å². The molecular formula is C19H17FN2O2S. The maximum absolute atomic E-state index is 13.2. The van der Waals surface area contributed by atoms with Gasteiger partial charge in [0.2, 0.25) is 0 Å². The number of halogens is 1. The highest BCUT2D eigenvalue weighted by atomic mass is 32.1. The van der Waals surface area contributed by atoms with Crippen LogP contribution < -0.4 is 10.1 Å². The summed E-state index contributed by atoms with van der Waals surface area (Å²) in [6.45, 7) is 4.33. The average molecular weight is 356 g/mol. The van der Waals surface area contributed by atoms with E-state index in [1.165, 1.54) is 23.5 Å². The molecule has 0 atom stereocenters. The number of amides is 1. The van der Waals surface area contributed by atoms with Crippen molar-refractivity contribution in [1.29, 1.82) is 0 Å². The maximum atomic E-state index is 13.2. The third-order valence-corrected chi connectivity index (χ3v) is 4.70. The summed E-state index contributed by atoms with van der Waals surface area (Å²) in [5, 5.41) is 3.46. The standard InChI is InChI=1S/C19H17FN2O2S/c1-3-24-16-9-7-13(8-10-16)19-21-12(2)17(25-19)18(23)22-15-6-4-5-14(20)11-15/h4-11H,3H2,1-2H3,(H,22,23). The number of hydrogen-bond acceptors (Lipinski definition) is 4. The van der Waals surface area contributed by atoms with E-state index in [1.54, 1.807) is 19.1 Å². The lowest BCUT2D eigenvalue weighted by atomic mass is 10.2. The van der Waals surface area contributed by atoms with E-state index in [2.05, 4.69) is 10.3 Å². The van der Waals surface area contributed by atoms with Crippen molar-refractivity contribution in [2.24, 2.45) is 0 Å². The van der Waals surface area contributed by atoms with E-state index in [1.807, 2.05) is 31.2 Å². The molecule has 1 heterocycles. The van der Waals surface area contributed by atoms with E-state index in [-0.39, 0.29) is 5.91 Å². The van der Waals surface area contributed by atoms with Crippen molar-refractivity contribution in [3.05, 3.63) is 64.9 Å². The van der Waals surface area contributed by atoms with Gasteiger partial charge in [0.05, 0.1) is 12.3 Å². The first-order valence-corrected chi connectivity index (χ1v) is 8.66. The number of benzene rings is 2. The molecule has 25 heavy (non-hydrogen) atoms. The molecule has 0 unspecified atom stereocenters. The number of thiazole rings is 1. The van der Waals surface area contributed by atoms with E-state index >= 15 is 0 Å². The molecule has 0 saturated carbocycles. The molecule has 2 aromatic carbocycles. The Morgan fingerprint density at radius 2 is 2.00 bits per heavy atom. The van der Waals surface area contributed by atoms with Crippen LogP contribution in [0.2, 0.25) is 0 Å². The van der Waals surface area contributed by atoms with Gasteiger partial charge in [0.15, 0.2) is 0 Å². The molecule has 0 aliphatic carbocycles. The summed E-state index contributed by atoms with van der Waals surface area (Å²) in [6.07, 6.45) is 0. The first-order chi connectivity index (χ1) is 12.1. The third-order valence-electron chi connectivity index (χ3n) is 3.50. The minimum atomic E-state index is -0.395. The average Bonchev–Trinajstić information content (AvgIpc) is 2.98. The highest BCUT2D eigenvalue weighted by Crippen LogP contribution is 2.29. The first-order valence-electron chi connectivity index (χ1n) is 7.84. The Labute approximate surface area is 149 Å². The van der Waals surface area contributed by atoms with Crippen LogP contribution in [0.3, 0.4) is 0 Å². The van der Waals surface area contributed by atoms with E-state index in [9.17, 15) is 9.18 Å². The first kappa shape index (κ1) is 17.1. The summed E-state index contributed by atoms with van der Waals surface area (Å²) in [6, 6.07) is 13.4. The molecule has 0 radical (unpaired) electrons. The van der Waals surface area contributed by atoms with Crippen molar-refractivity contribution in [1.82, 2.24) is 4.98 Å². The van der Waals surface area contributed by atoms with Gasteiger partial charge in [-0.1, -0.05) is 6.07 Å². The van der Waals surface area contributed by atoms with Gasteiger partial charge in [-0.15, -0.1) is 11.3 Å². The topological polar surface area (TPSA) is 51.2 Å². The lowest BCUT2D eigenvalue weighted by molar-refractivity contribution is 0.103. The van der Waals surface area contributed by atoms with E-state index in [4.69, 9.17) is 4.74 Å². The summed E-state index contributed by atoms with van der Waals surface area (Å²) in [5.41, 5.74) is 1.98. The van der Waals surface area contributed by atoms with Crippen molar-refractivity contribution in [2.75, 3.05) is 11.9 Å². The Bertz CT molecular complexity index is 891. The fraction of sp³-hybridized carbons (Fsp3) is 0.158. The number of carbonyl (C=O) groups excluding carboxylic acids is 1. The van der Waals surface area contributed by atoms with Crippen LogP contribution in [0.1, 0.15) is 22.3 Å². The second-order valence-electron chi connectivity index (χ2n) is 5.36. The molecule has 1 aromatic heterocycles. The number of nitrogens with one attached hydrogen (secondary N) is 1. The Morgan fingerprint density at radius 3 is 2.68 bits per heavy atom. The highest BCUT2D eigenvalue weighted by molar-refractivity contribution is 7.17. The third kappa shape index (κ3) is 4.03. The van der Waals surface area contributed by atoms with Gasteiger partial charge in [-0.3, -0.25) is 4.79 Å². The number of aryl methyl sites for hydroxylation is 1. The number of aromatic nitrogens is 1. The Balaban J connectivity index is 1.80. The normalized spacial score (nSPS) is 10.5.